The molecule has 1 N–H and O–H groups in total. The summed E-state index contributed by atoms with van der Waals surface area (Å²) in [7, 11) is 0. The number of alkyl halides is 1. The Kier molecular flexibility index (Phi) is 4.66. The highest BCUT2D eigenvalue weighted by Crippen LogP contribution is 2.28. The molecule has 0 saturated heterocycles. The smallest absolute Gasteiger partial charge is 0.333 e. The lowest BCUT2D eigenvalue weighted by molar-refractivity contribution is -0.132. The van der Waals surface area contributed by atoms with Crippen molar-refractivity contribution in [2.24, 2.45) is 0 Å². The Morgan fingerprint density at radius 2 is 2.06 bits per heavy atom. The highest BCUT2D eigenvalue weighted by molar-refractivity contribution is 6.43. The van der Waals surface area contributed by atoms with E-state index in [4.69, 9.17) is 39.9 Å². The first-order chi connectivity index (χ1) is 7.43. The van der Waals surface area contributed by atoms with E-state index < -0.39 is 11.3 Å². The van der Waals surface area contributed by atoms with Gasteiger partial charge in [-0.05, 0) is 24.6 Å². The van der Waals surface area contributed by atoms with Crippen LogP contribution in [-0.2, 0) is 4.79 Å². The van der Waals surface area contributed by atoms with Gasteiger partial charge in [-0.2, -0.15) is 0 Å². The minimum absolute atomic E-state index is 0.0748. The van der Waals surface area contributed by atoms with Crippen molar-refractivity contribution in [3.63, 3.8) is 0 Å². The van der Waals surface area contributed by atoms with E-state index in [-0.39, 0.29) is 5.57 Å². The Labute approximate surface area is 108 Å². The molecule has 0 aromatic heterocycles. The highest BCUT2D eigenvalue weighted by Gasteiger charge is 2.14. The van der Waals surface area contributed by atoms with Crippen LogP contribution in [0.2, 0.25) is 10.0 Å². The zero-order valence-electron chi connectivity index (χ0n) is 8.38. The summed E-state index contributed by atoms with van der Waals surface area (Å²) in [5.74, 6) is -1.07. The van der Waals surface area contributed by atoms with Crippen molar-refractivity contribution >= 4 is 46.8 Å². The van der Waals surface area contributed by atoms with Gasteiger partial charge in [0.2, 0.25) is 0 Å². The molecule has 0 spiro atoms. The number of carboxylic acids is 1. The number of hydrogen-bond donors (Lipinski definition) is 1. The number of carboxylic acid groups (broad SMARTS) is 1. The fraction of sp³-hybridized carbons (Fsp3) is 0.182. The summed E-state index contributed by atoms with van der Waals surface area (Å²) in [6.45, 7) is 1.58. The van der Waals surface area contributed by atoms with Crippen LogP contribution in [0.25, 0.3) is 6.08 Å². The molecule has 0 saturated carbocycles. The molecular weight excluding hydrogens is 270 g/mol. The summed E-state index contributed by atoms with van der Waals surface area (Å²) in [6, 6.07) is 5.00. The molecule has 86 valence electrons. The first kappa shape index (κ1) is 13.4. The van der Waals surface area contributed by atoms with E-state index >= 15 is 0 Å². The molecular formula is C11H9Cl3O2. The third-order valence-corrected chi connectivity index (χ3v) is 3.04. The van der Waals surface area contributed by atoms with Crippen LogP contribution in [0.15, 0.2) is 23.8 Å². The maximum absolute atomic E-state index is 10.9. The maximum atomic E-state index is 10.9. The molecule has 0 aliphatic carbocycles. The minimum atomic E-state index is -1.07. The minimum Gasteiger partial charge on any atom is -0.478 e. The van der Waals surface area contributed by atoms with Gasteiger partial charge in [0.25, 0.3) is 0 Å². The van der Waals surface area contributed by atoms with E-state index in [0.29, 0.717) is 15.6 Å². The molecule has 1 aromatic rings. The standard InChI is InChI=1S/C11H9Cl3O2/c1-6(12)8(11(15)16)5-7-3-2-4-9(13)10(7)14/h2-6H,1H3,(H,15,16)/b8-5-. The van der Waals surface area contributed by atoms with Gasteiger partial charge >= 0.3 is 5.97 Å². The van der Waals surface area contributed by atoms with Gasteiger partial charge < -0.3 is 5.11 Å². The summed E-state index contributed by atoms with van der Waals surface area (Å²) < 4.78 is 0. The SMILES string of the molecule is CC(Cl)/C(=C/c1cccc(Cl)c1Cl)C(=O)O. The lowest BCUT2D eigenvalue weighted by Gasteiger charge is -2.06. The summed E-state index contributed by atoms with van der Waals surface area (Å²) in [5, 5.41) is 9.03. The Morgan fingerprint density at radius 1 is 1.44 bits per heavy atom. The predicted molar refractivity (Wildman–Crippen MR) is 67.4 cm³/mol. The molecule has 0 bridgehead atoms. The third kappa shape index (κ3) is 3.14. The molecule has 1 unspecified atom stereocenters. The van der Waals surface area contributed by atoms with Gasteiger partial charge in [0.1, 0.15) is 0 Å². The Bertz CT molecular complexity index is 439. The lowest BCUT2D eigenvalue weighted by Crippen LogP contribution is -2.09. The number of benzene rings is 1. The van der Waals surface area contributed by atoms with Gasteiger partial charge in [-0.15, -0.1) is 11.6 Å². The molecule has 0 amide bonds. The number of carbonyl (C=O) groups is 1. The molecule has 1 atom stereocenters. The van der Waals surface area contributed by atoms with Crippen molar-refractivity contribution in [3.8, 4) is 0 Å². The Balaban J connectivity index is 3.23. The van der Waals surface area contributed by atoms with Crippen LogP contribution < -0.4 is 0 Å². The largest absolute Gasteiger partial charge is 0.478 e. The second-order valence-corrected chi connectivity index (χ2v) is 4.60. The van der Waals surface area contributed by atoms with E-state index in [0.717, 1.165) is 0 Å². The highest BCUT2D eigenvalue weighted by atomic mass is 35.5. The third-order valence-electron chi connectivity index (χ3n) is 1.97. The number of hydrogen-bond acceptors (Lipinski definition) is 1. The van der Waals surface area contributed by atoms with Gasteiger partial charge in [0, 0.05) is 0 Å². The van der Waals surface area contributed by atoms with Gasteiger partial charge in [-0.3, -0.25) is 0 Å². The fourth-order valence-electron chi connectivity index (χ4n) is 1.15. The Hall–Kier alpha value is -0.700. The normalized spacial score (nSPS) is 13.6. The molecule has 0 radical (unpaired) electrons. The van der Waals surface area contributed by atoms with Gasteiger partial charge in [-0.1, -0.05) is 35.3 Å². The number of rotatable bonds is 3. The molecule has 0 fully saturated rings. The lowest BCUT2D eigenvalue weighted by atomic mass is 10.1. The van der Waals surface area contributed by atoms with E-state index in [1.165, 1.54) is 6.08 Å². The van der Waals surface area contributed by atoms with Gasteiger partial charge in [-0.25, -0.2) is 4.79 Å². The number of halogens is 3. The molecule has 16 heavy (non-hydrogen) atoms. The van der Waals surface area contributed by atoms with E-state index in [9.17, 15) is 4.79 Å². The fourth-order valence-corrected chi connectivity index (χ4v) is 1.66. The topological polar surface area (TPSA) is 37.3 Å². The molecule has 0 aliphatic rings. The monoisotopic (exact) mass is 278 g/mol. The van der Waals surface area contributed by atoms with Crippen LogP contribution in [0.1, 0.15) is 12.5 Å². The maximum Gasteiger partial charge on any atom is 0.333 e. The second-order valence-electron chi connectivity index (χ2n) is 3.16. The van der Waals surface area contributed by atoms with Crippen LogP contribution in [0.5, 0.6) is 0 Å². The van der Waals surface area contributed by atoms with Crippen LogP contribution >= 0.6 is 34.8 Å². The van der Waals surface area contributed by atoms with Crippen LogP contribution in [0, 0.1) is 0 Å². The van der Waals surface area contributed by atoms with Crippen molar-refractivity contribution in [2.75, 3.05) is 0 Å². The molecule has 1 rings (SSSR count). The summed E-state index contributed by atoms with van der Waals surface area (Å²) >= 11 is 17.5. The molecule has 5 heteroatoms. The summed E-state index contributed by atoms with van der Waals surface area (Å²) in [6.07, 6.45) is 1.42. The summed E-state index contributed by atoms with van der Waals surface area (Å²) in [4.78, 5) is 10.9. The first-order valence-electron chi connectivity index (χ1n) is 4.46. The quantitative estimate of drug-likeness (QED) is 0.668. The van der Waals surface area contributed by atoms with Crippen LogP contribution in [0.3, 0.4) is 0 Å². The predicted octanol–water partition coefficient (Wildman–Crippen LogP) is 4.09. The van der Waals surface area contributed by atoms with E-state index in [2.05, 4.69) is 0 Å². The van der Waals surface area contributed by atoms with Crippen LogP contribution in [-0.4, -0.2) is 16.5 Å². The molecule has 0 aliphatic heterocycles. The number of aliphatic carboxylic acids is 1. The summed E-state index contributed by atoms with van der Waals surface area (Å²) in [5.41, 5.74) is 0.616. The zero-order chi connectivity index (χ0) is 12.3. The van der Waals surface area contributed by atoms with Crippen molar-refractivity contribution in [1.29, 1.82) is 0 Å². The van der Waals surface area contributed by atoms with Crippen LogP contribution in [0.4, 0.5) is 0 Å². The van der Waals surface area contributed by atoms with Crippen molar-refractivity contribution < 1.29 is 9.90 Å². The molecule has 2 nitrogen and oxygen atoms in total. The van der Waals surface area contributed by atoms with E-state index in [1.807, 2.05) is 0 Å². The molecule has 0 heterocycles. The zero-order valence-corrected chi connectivity index (χ0v) is 10.6. The van der Waals surface area contributed by atoms with Gasteiger partial charge in [0.05, 0.1) is 21.0 Å². The van der Waals surface area contributed by atoms with Gasteiger partial charge in [0.15, 0.2) is 0 Å². The van der Waals surface area contributed by atoms with Crippen molar-refractivity contribution in [1.82, 2.24) is 0 Å². The Morgan fingerprint density at radius 3 is 2.56 bits per heavy atom. The van der Waals surface area contributed by atoms with Crippen molar-refractivity contribution in [2.45, 2.75) is 12.3 Å². The average Bonchev–Trinajstić information content (AvgIpc) is 2.19. The first-order valence-corrected chi connectivity index (χ1v) is 5.65. The van der Waals surface area contributed by atoms with E-state index in [1.54, 1.807) is 25.1 Å². The second kappa shape index (κ2) is 5.58. The average molecular weight is 280 g/mol. The van der Waals surface area contributed by atoms with Crippen molar-refractivity contribution in [3.05, 3.63) is 39.4 Å². The molecule has 1 aromatic carbocycles.